The highest BCUT2D eigenvalue weighted by atomic mass is 16.4. The Morgan fingerprint density at radius 2 is 1.95 bits per heavy atom. The van der Waals surface area contributed by atoms with Gasteiger partial charge in [-0.2, -0.15) is 0 Å². The number of nitrogens with two attached hydrogens (primary N) is 1. The number of carboxylic acid groups (broad SMARTS) is 1. The van der Waals surface area contributed by atoms with E-state index in [1.807, 2.05) is 0 Å². The van der Waals surface area contributed by atoms with Gasteiger partial charge in [-0.3, -0.25) is 4.79 Å². The molecule has 19 heavy (non-hydrogen) atoms. The van der Waals surface area contributed by atoms with Crippen molar-refractivity contribution in [1.29, 1.82) is 0 Å². The fourth-order valence-corrected chi connectivity index (χ4v) is 2.20. The van der Waals surface area contributed by atoms with Crippen LogP contribution in [0.1, 0.15) is 33.1 Å². The molecule has 108 valence electrons. The van der Waals surface area contributed by atoms with Gasteiger partial charge in [0, 0.05) is 6.54 Å². The number of piperidine rings is 1. The van der Waals surface area contributed by atoms with Gasteiger partial charge in [-0.05, 0) is 25.2 Å². The second-order valence-corrected chi connectivity index (χ2v) is 5.12. The van der Waals surface area contributed by atoms with Crippen molar-refractivity contribution in [2.75, 3.05) is 6.54 Å². The zero-order valence-electron chi connectivity index (χ0n) is 11.3. The molecular weight excluding hydrogens is 250 g/mol. The molecule has 0 spiro atoms. The van der Waals surface area contributed by atoms with E-state index in [0.717, 1.165) is 12.8 Å². The summed E-state index contributed by atoms with van der Waals surface area (Å²) in [5.74, 6) is -1.87. The van der Waals surface area contributed by atoms with Crippen LogP contribution in [0.5, 0.6) is 0 Å². The standard InChI is InChI=1S/C12H21N3O4/c1-7(2)9(11(17)18)14-12(19)15-6-4-3-5-8(15)10(13)16/h7-9H,3-6H2,1-2H3,(H2,13,16)(H,14,19)(H,17,18). The number of hydrogen-bond donors (Lipinski definition) is 3. The van der Waals surface area contributed by atoms with E-state index in [2.05, 4.69) is 5.32 Å². The zero-order valence-corrected chi connectivity index (χ0v) is 11.3. The Bertz CT molecular complexity index is 370. The smallest absolute Gasteiger partial charge is 0.326 e. The van der Waals surface area contributed by atoms with E-state index >= 15 is 0 Å². The normalized spacial score (nSPS) is 21.0. The van der Waals surface area contributed by atoms with E-state index in [-0.39, 0.29) is 5.92 Å². The number of nitrogens with one attached hydrogen (secondary N) is 1. The highest BCUT2D eigenvalue weighted by Gasteiger charge is 2.33. The summed E-state index contributed by atoms with van der Waals surface area (Å²) >= 11 is 0. The summed E-state index contributed by atoms with van der Waals surface area (Å²) in [7, 11) is 0. The molecule has 0 aromatic heterocycles. The third kappa shape index (κ3) is 3.84. The number of urea groups is 1. The number of nitrogens with zero attached hydrogens (tertiary/aromatic N) is 1. The molecule has 4 N–H and O–H groups in total. The second kappa shape index (κ2) is 6.40. The van der Waals surface area contributed by atoms with Crippen molar-refractivity contribution in [1.82, 2.24) is 10.2 Å². The van der Waals surface area contributed by atoms with Crippen LogP contribution in [0.25, 0.3) is 0 Å². The van der Waals surface area contributed by atoms with Gasteiger partial charge >= 0.3 is 12.0 Å². The number of aliphatic carboxylic acids is 1. The molecular formula is C12H21N3O4. The van der Waals surface area contributed by atoms with E-state index in [9.17, 15) is 14.4 Å². The van der Waals surface area contributed by atoms with Gasteiger partial charge < -0.3 is 21.1 Å². The number of carbonyl (C=O) groups excluding carboxylic acids is 2. The SMILES string of the molecule is CC(C)C(NC(=O)N1CCCCC1C(N)=O)C(=O)O. The summed E-state index contributed by atoms with van der Waals surface area (Å²) in [5, 5.41) is 11.5. The quantitative estimate of drug-likeness (QED) is 0.675. The summed E-state index contributed by atoms with van der Waals surface area (Å²) in [6, 6.07) is -2.15. The first-order chi connectivity index (χ1) is 8.84. The van der Waals surface area contributed by atoms with Crippen molar-refractivity contribution in [2.45, 2.75) is 45.2 Å². The summed E-state index contributed by atoms with van der Waals surface area (Å²) in [6.45, 7) is 3.84. The largest absolute Gasteiger partial charge is 0.480 e. The van der Waals surface area contributed by atoms with Crippen molar-refractivity contribution in [3.8, 4) is 0 Å². The first-order valence-corrected chi connectivity index (χ1v) is 6.43. The van der Waals surface area contributed by atoms with Gasteiger partial charge in [0.2, 0.25) is 5.91 Å². The van der Waals surface area contributed by atoms with Gasteiger partial charge in [0.05, 0.1) is 0 Å². The molecule has 1 aliphatic rings. The van der Waals surface area contributed by atoms with Crippen molar-refractivity contribution >= 4 is 17.9 Å². The Balaban J connectivity index is 2.74. The second-order valence-electron chi connectivity index (χ2n) is 5.12. The van der Waals surface area contributed by atoms with E-state index in [4.69, 9.17) is 10.8 Å². The lowest BCUT2D eigenvalue weighted by atomic mass is 10.0. The maximum atomic E-state index is 12.1. The molecule has 0 saturated carbocycles. The third-order valence-electron chi connectivity index (χ3n) is 3.30. The van der Waals surface area contributed by atoms with Crippen LogP contribution in [0.3, 0.4) is 0 Å². The molecule has 0 aromatic carbocycles. The number of primary amides is 1. The molecule has 1 fully saturated rings. The molecule has 1 aliphatic heterocycles. The van der Waals surface area contributed by atoms with Crippen LogP contribution < -0.4 is 11.1 Å². The van der Waals surface area contributed by atoms with Gasteiger partial charge in [0.1, 0.15) is 12.1 Å². The average Bonchev–Trinajstić information content (AvgIpc) is 2.34. The summed E-state index contributed by atoms with van der Waals surface area (Å²) < 4.78 is 0. The number of likely N-dealkylation sites (tertiary alicyclic amines) is 1. The van der Waals surface area contributed by atoms with Crippen LogP contribution in [-0.4, -0.2) is 46.5 Å². The topological polar surface area (TPSA) is 113 Å². The number of carbonyl (C=O) groups is 3. The van der Waals surface area contributed by atoms with Crippen molar-refractivity contribution in [2.24, 2.45) is 11.7 Å². The third-order valence-corrected chi connectivity index (χ3v) is 3.30. The first-order valence-electron chi connectivity index (χ1n) is 6.43. The molecule has 0 aliphatic carbocycles. The molecule has 2 unspecified atom stereocenters. The molecule has 0 bridgehead atoms. The molecule has 1 saturated heterocycles. The molecule has 3 amide bonds. The van der Waals surface area contributed by atoms with Crippen LogP contribution in [0, 0.1) is 5.92 Å². The minimum absolute atomic E-state index is 0.238. The Hall–Kier alpha value is -1.79. The Labute approximate surface area is 112 Å². The van der Waals surface area contributed by atoms with Crippen LogP contribution in [0.15, 0.2) is 0 Å². The maximum absolute atomic E-state index is 12.1. The molecule has 7 heteroatoms. The molecule has 7 nitrogen and oxygen atoms in total. The predicted molar refractivity (Wildman–Crippen MR) is 68.3 cm³/mol. The Morgan fingerprint density at radius 3 is 2.42 bits per heavy atom. The van der Waals surface area contributed by atoms with E-state index in [1.165, 1.54) is 4.90 Å². The summed E-state index contributed by atoms with van der Waals surface area (Å²) in [4.78, 5) is 35.8. The van der Waals surface area contributed by atoms with Gasteiger partial charge in [0.25, 0.3) is 0 Å². The van der Waals surface area contributed by atoms with Gasteiger partial charge in [0.15, 0.2) is 0 Å². The van der Waals surface area contributed by atoms with Gasteiger partial charge in [-0.1, -0.05) is 13.8 Å². The first kappa shape index (κ1) is 15.3. The van der Waals surface area contributed by atoms with E-state index in [0.29, 0.717) is 13.0 Å². The summed E-state index contributed by atoms with van der Waals surface area (Å²) in [6.07, 6.45) is 2.16. The Kier molecular flexibility index (Phi) is 5.14. The van der Waals surface area contributed by atoms with Crippen LogP contribution in [-0.2, 0) is 9.59 Å². The van der Waals surface area contributed by atoms with E-state index < -0.39 is 30.0 Å². The van der Waals surface area contributed by atoms with Gasteiger partial charge in [-0.25, -0.2) is 9.59 Å². The number of carboxylic acids is 1. The van der Waals surface area contributed by atoms with Gasteiger partial charge in [-0.15, -0.1) is 0 Å². The Morgan fingerprint density at radius 1 is 1.32 bits per heavy atom. The monoisotopic (exact) mass is 271 g/mol. The fraction of sp³-hybridized carbons (Fsp3) is 0.750. The lowest BCUT2D eigenvalue weighted by Gasteiger charge is -2.34. The predicted octanol–water partition coefficient (Wildman–Crippen LogP) is 0.145. The minimum Gasteiger partial charge on any atom is -0.480 e. The van der Waals surface area contributed by atoms with E-state index in [1.54, 1.807) is 13.8 Å². The van der Waals surface area contributed by atoms with Crippen molar-refractivity contribution in [3.63, 3.8) is 0 Å². The highest BCUT2D eigenvalue weighted by molar-refractivity contribution is 5.88. The lowest BCUT2D eigenvalue weighted by Crippen LogP contribution is -2.57. The van der Waals surface area contributed by atoms with Crippen LogP contribution >= 0.6 is 0 Å². The number of hydrogen-bond acceptors (Lipinski definition) is 3. The molecule has 2 atom stereocenters. The zero-order chi connectivity index (χ0) is 14.6. The molecule has 1 heterocycles. The minimum atomic E-state index is -1.09. The fourth-order valence-electron chi connectivity index (χ4n) is 2.20. The number of amides is 3. The molecule has 0 aromatic rings. The highest BCUT2D eigenvalue weighted by Crippen LogP contribution is 2.17. The lowest BCUT2D eigenvalue weighted by molar-refractivity contribution is -0.140. The average molecular weight is 271 g/mol. The maximum Gasteiger partial charge on any atom is 0.326 e. The van der Waals surface area contributed by atoms with Crippen molar-refractivity contribution in [3.05, 3.63) is 0 Å². The van der Waals surface area contributed by atoms with Crippen molar-refractivity contribution < 1.29 is 19.5 Å². The molecule has 1 rings (SSSR count). The molecule has 0 radical (unpaired) electrons. The van der Waals surface area contributed by atoms with Crippen LogP contribution in [0.4, 0.5) is 4.79 Å². The number of rotatable bonds is 4. The van der Waals surface area contributed by atoms with Crippen LogP contribution in [0.2, 0.25) is 0 Å². The summed E-state index contributed by atoms with van der Waals surface area (Å²) in [5.41, 5.74) is 5.27.